The Morgan fingerprint density at radius 1 is 1.27 bits per heavy atom. The van der Waals surface area contributed by atoms with Gasteiger partial charge in [0.1, 0.15) is 0 Å². The highest BCUT2D eigenvalue weighted by molar-refractivity contribution is 4.74. The van der Waals surface area contributed by atoms with Gasteiger partial charge in [0, 0.05) is 0 Å². The standard InChI is InChI=1S/C11H22/c1-4-10-6-5-7-11(8-10)9(2)3/h9-11H,4-8H2,1-3H3/t10-,11+/m1/s1. The van der Waals surface area contributed by atoms with E-state index in [0.29, 0.717) is 0 Å². The Hall–Kier alpha value is 0. The lowest BCUT2D eigenvalue weighted by Crippen LogP contribution is -2.19. The first-order valence-corrected chi connectivity index (χ1v) is 5.24. The van der Waals surface area contributed by atoms with Gasteiger partial charge in [-0.3, -0.25) is 0 Å². The summed E-state index contributed by atoms with van der Waals surface area (Å²) in [4.78, 5) is 0. The van der Waals surface area contributed by atoms with Crippen molar-refractivity contribution < 1.29 is 0 Å². The second-order valence-electron chi connectivity index (χ2n) is 4.44. The summed E-state index contributed by atoms with van der Waals surface area (Å²) in [5.74, 6) is 3.01. The minimum atomic E-state index is 0.921. The molecule has 0 aromatic carbocycles. The fraction of sp³-hybridized carbons (Fsp3) is 1.00. The molecule has 11 heavy (non-hydrogen) atoms. The first-order chi connectivity index (χ1) is 5.24. The third-order valence-electron chi connectivity index (χ3n) is 3.34. The van der Waals surface area contributed by atoms with E-state index < -0.39 is 0 Å². The van der Waals surface area contributed by atoms with Crippen molar-refractivity contribution in [3.63, 3.8) is 0 Å². The first kappa shape index (κ1) is 9.09. The van der Waals surface area contributed by atoms with Crippen LogP contribution in [0.4, 0.5) is 0 Å². The van der Waals surface area contributed by atoms with Gasteiger partial charge in [-0.1, -0.05) is 46.5 Å². The number of hydrogen-bond acceptors (Lipinski definition) is 0. The molecule has 0 aromatic rings. The zero-order chi connectivity index (χ0) is 8.27. The van der Waals surface area contributed by atoms with Gasteiger partial charge in [0.05, 0.1) is 0 Å². The Morgan fingerprint density at radius 3 is 2.55 bits per heavy atom. The molecule has 1 saturated carbocycles. The maximum absolute atomic E-state index is 2.38. The van der Waals surface area contributed by atoms with E-state index >= 15 is 0 Å². The molecule has 0 radical (unpaired) electrons. The summed E-state index contributed by atoms with van der Waals surface area (Å²) in [6.07, 6.45) is 7.40. The predicted molar refractivity (Wildman–Crippen MR) is 50.6 cm³/mol. The van der Waals surface area contributed by atoms with Crippen LogP contribution in [0.25, 0.3) is 0 Å². The molecule has 1 aliphatic rings. The molecule has 1 fully saturated rings. The van der Waals surface area contributed by atoms with Gasteiger partial charge in [-0.25, -0.2) is 0 Å². The highest BCUT2D eigenvalue weighted by Gasteiger charge is 2.22. The summed E-state index contributed by atoms with van der Waals surface area (Å²) < 4.78 is 0. The molecule has 1 aliphatic carbocycles. The van der Waals surface area contributed by atoms with E-state index in [1.165, 1.54) is 32.1 Å². The average Bonchev–Trinajstić information content (AvgIpc) is 2.05. The molecular weight excluding hydrogens is 132 g/mol. The van der Waals surface area contributed by atoms with Gasteiger partial charge in [-0.15, -0.1) is 0 Å². The van der Waals surface area contributed by atoms with Crippen molar-refractivity contribution in [3.05, 3.63) is 0 Å². The predicted octanol–water partition coefficient (Wildman–Crippen LogP) is 3.86. The van der Waals surface area contributed by atoms with Crippen molar-refractivity contribution in [2.45, 2.75) is 52.9 Å². The van der Waals surface area contributed by atoms with E-state index in [1.54, 1.807) is 0 Å². The molecular formula is C11H22. The maximum Gasteiger partial charge on any atom is -0.0388 e. The van der Waals surface area contributed by atoms with Crippen LogP contribution in [0.15, 0.2) is 0 Å². The van der Waals surface area contributed by atoms with Crippen molar-refractivity contribution in [2.75, 3.05) is 0 Å². The van der Waals surface area contributed by atoms with Crippen LogP contribution in [0, 0.1) is 17.8 Å². The molecule has 1 rings (SSSR count). The molecule has 0 unspecified atom stereocenters. The first-order valence-electron chi connectivity index (χ1n) is 5.24. The van der Waals surface area contributed by atoms with Crippen LogP contribution in [0.3, 0.4) is 0 Å². The van der Waals surface area contributed by atoms with E-state index in [1.807, 2.05) is 0 Å². The van der Waals surface area contributed by atoms with Crippen molar-refractivity contribution in [1.29, 1.82) is 0 Å². The molecule has 0 aliphatic heterocycles. The minimum absolute atomic E-state index is 0.921. The van der Waals surface area contributed by atoms with Crippen LogP contribution < -0.4 is 0 Å². The van der Waals surface area contributed by atoms with E-state index in [0.717, 1.165) is 17.8 Å². The minimum Gasteiger partial charge on any atom is -0.0651 e. The van der Waals surface area contributed by atoms with Crippen molar-refractivity contribution in [2.24, 2.45) is 17.8 Å². The van der Waals surface area contributed by atoms with E-state index in [9.17, 15) is 0 Å². The van der Waals surface area contributed by atoms with Crippen LogP contribution in [0.2, 0.25) is 0 Å². The summed E-state index contributed by atoms with van der Waals surface area (Å²) in [5.41, 5.74) is 0. The molecule has 0 saturated heterocycles. The summed E-state index contributed by atoms with van der Waals surface area (Å²) >= 11 is 0. The summed E-state index contributed by atoms with van der Waals surface area (Å²) in [7, 11) is 0. The third kappa shape index (κ3) is 2.50. The molecule has 0 aromatic heterocycles. The molecule has 0 heteroatoms. The second kappa shape index (κ2) is 4.13. The van der Waals surface area contributed by atoms with Crippen LogP contribution in [0.5, 0.6) is 0 Å². The Labute approximate surface area is 71.4 Å². The highest BCUT2D eigenvalue weighted by atomic mass is 14.3. The molecule has 66 valence electrons. The van der Waals surface area contributed by atoms with Gasteiger partial charge >= 0.3 is 0 Å². The number of hydrogen-bond donors (Lipinski definition) is 0. The Balaban J connectivity index is 2.33. The van der Waals surface area contributed by atoms with Crippen molar-refractivity contribution in [3.8, 4) is 0 Å². The lowest BCUT2D eigenvalue weighted by atomic mass is 9.75. The number of rotatable bonds is 2. The Bertz CT molecular complexity index is 105. The van der Waals surface area contributed by atoms with Crippen molar-refractivity contribution in [1.82, 2.24) is 0 Å². The molecule has 0 N–H and O–H groups in total. The highest BCUT2D eigenvalue weighted by Crippen LogP contribution is 2.34. The van der Waals surface area contributed by atoms with Gasteiger partial charge in [-0.2, -0.15) is 0 Å². The summed E-state index contributed by atoms with van der Waals surface area (Å²) in [6, 6.07) is 0. The third-order valence-corrected chi connectivity index (χ3v) is 3.34. The van der Waals surface area contributed by atoms with E-state index in [-0.39, 0.29) is 0 Å². The van der Waals surface area contributed by atoms with Gasteiger partial charge in [0.15, 0.2) is 0 Å². The zero-order valence-corrected chi connectivity index (χ0v) is 8.27. The van der Waals surface area contributed by atoms with Crippen LogP contribution >= 0.6 is 0 Å². The molecule has 0 spiro atoms. The lowest BCUT2D eigenvalue weighted by molar-refractivity contribution is 0.211. The van der Waals surface area contributed by atoms with Crippen LogP contribution in [-0.4, -0.2) is 0 Å². The average molecular weight is 154 g/mol. The summed E-state index contributed by atoms with van der Waals surface area (Å²) in [5, 5.41) is 0. The largest absolute Gasteiger partial charge is 0.0651 e. The Kier molecular flexibility index (Phi) is 3.42. The van der Waals surface area contributed by atoms with Gasteiger partial charge in [-0.05, 0) is 24.2 Å². The zero-order valence-electron chi connectivity index (χ0n) is 8.27. The van der Waals surface area contributed by atoms with Crippen molar-refractivity contribution >= 4 is 0 Å². The summed E-state index contributed by atoms with van der Waals surface area (Å²) in [6.45, 7) is 7.10. The monoisotopic (exact) mass is 154 g/mol. The molecule has 0 heterocycles. The topological polar surface area (TPSA) is 0 Å². The van der Waals surface area contributed by atoms with Crippen LogP contribution in [0.1, 0.15) is 52.9 Å². The fourth-order valence-electron chi connectivity index (χ4n) is 2.31. The molecule has 0 nitrogen and oxygen atoms in total. The maximum atomic E-state index is 2.38. The van der Waals surface area contributed by atoms with E-state index in [2.05, 4.69) is 20.8 Å². The molecule has 0 amide bonds. The Morgan fingerprint density at radius 2 is 2.00 bits per heavy atom. The fourth-order valence-corrected chi connectivity index (χ4v) is 2.31. The van der Waals surface area contributed by atoms with E-state index in [4.69, 9.17) is 0 Å². The molecule has 0 bridgehead atoms. The lowest BCUT2D eigenvalue weighted by Gasteiger charge is -2.30. The van der Waals surface area contributed by atoms with Gasteiger partial charge in [0.25, 0.3) is 0 Å². The normalized spacial score (nSPS) is 32.7. The van der Waals surface area contributed by atoms with Gasteiger partial charge < -0.3 is 0 Å². The van der Waals surface area contributed by atoms with Gasteiger partial charge in [0.2, 0.25) is 0 Å². The second-order valence-corrected chi connectivity index (χ2v) is 4.44. The van der Waals surface area contributed by atoms with Crippen LogP contribution in [-0.2, 0) is 0 Å². The quantitative estimate of drug-likeness (QED) is 0.566. The SMILES string of the molecule is CC[C@@H]1CCC[C@H](C(C)C)C1. The molecule has 2 atom stereocenters. The smallest absolute Gasteiger partial charge is 0.0388 e.